The number of nitrogens with zero attached hydrogens (tertiary/aromatic N) is 4. The largest absolute Gasteiger partial charge is 0.373 e. The summed E-state index contributed by atoms with van der Waals surface area (Å²) in [5.74, 6) is 3.18. The van der Waals surface area contributed by atoms with Crippen molar-refractivity contribution in [1.82, 2.24) is 19.7 Å². The summed E-state index contributed by atoms with van der Waals surface area (Å²) in [4.78, 5) is 9.15. The smallest absolute Gasteiger partial charge is 0.159 e. The van der Waals surface area contributed by atoms with Gasteiger partial charge in [0, 0.05) is 24.7 Å². The van der Waals surface area contributed by atoms with E-state index in [0.717, 1.165) is 28.8 Å². The maximum Gasteiger partial charge on any atom is 0.159 e. The molecular formula is C13H17N5. The Morgan fingerprint density at radius 2 is 2.00 bits per heavy atom. The molecule has 1 fully saturated rings. The number of rotatable bonds is 3. The first-order valence-corrected chi connectivity index (χ1v) is 6.28. The molecule has 0 unspecified atom stereocenters. The quantitative estimate of drug-likeness (QED) is 0.898. The number of hydrogen-bond acceptors (Lipinski definition) is 4. The predicted molar refractivity (Wildman–Crippen MR) is 70.1 cm³/mol. The first-order chi connectivity index (χ1) is 8.67. The summed E-state index contributed by atoms with van der Waals surface area (Å²) in [6.07, 6.45) is 2.40. The van der Waals surface area contributed by atoms with Crippen molar-refractivity contribution in [3.63, 3.8) is 0 Å². The van der Waals surface area contributed by atoms with Crippen molar-refractivity contribution in [1.29, 1.82) is 0 Å². The van der Waals surface area contributed by atoms with E-state index in [1.807, 2.05) is 31.6 Å². The standard InChI is InChI=1S/C13H17N5/c1-8-6-9(2)18(17-8)12-7-11(14-3)15-13(16-12)10-4-5-10/h6-7,10H,4-5H2,1-3H3,(H,14,15,16). The van der Waals surface area contributed by atoms with Gasteiger partial charge in [-0.3, -0.25) is 0 Å². The first kappa shape index (κ1) is 11.2. The van der Waals surface area contributed by atoms with Gasteiger partial charge in [-0.2, -0.15) is 5.10 Å². The van der Waals surface area contributed by atoms with Gasteiger partial charge in [-0.25, -0.2) is 14.6 Å². The molecule has 2 aromatic heterocycles. The molecule has 2 aromatic rings. The van der Waals surface area contributed by atoms with Crippen LogP contribution in [0, 0.1) is 13.8 Å². The molecule has 3 rings (SSSR count). The molecule has 0 atom stereocenters. The second-order valence-corrected chi connectivity index (χ2v) is 4.83. The summed E-state index contributed by atoms with van der Waals surface area (Å²) in [7, 11) is 1.88. The normalized spacial score (nSPS) is 14.8. The summed E-state index contributed by atoms with van der Waals surface area (Å²) < 4.78 is 1.88. The molecule has 0 amide bonds. The van der Waals surface area contributed by atoms with Crippen LogP contribution in [-0.2, 0) is 0 Å². The molecule has 1 aliphatic rings. The van der Waals surface area contributed by atoms with E-state index in [0.29, 0.717) is 5.92 Å². The average molecular weight is 243 g/mol. The van der Waals surface area contributed by atoms with E-state index in [2.05, 4.69) is 26.4 Å². The van der Waals surface area contributed by atoms with Crippen LogP contribution >= 0.6 is 0 Å². The summed E-state index contributed by atoms with van der Waals surface area (Å²) in [5, 5.41) is 7.57. The van der Waals surface area contributed by atoms with Gasteiger partial charge in [0.1, 0.15) is 11.6 Å². The van der Waals surface area contributed by atoms with Crippen molar-refractivity contribution in [3.8, 4) is 5.82 Å². The number of aromatic nitrogens is 4. The van der Waals surface area contributed by atoms with Crippen LogP contribution < -0.4 is 5.32 Å². The number of nitrogens with one attached hydrogen (secondary N) is 1. The fourth-order valence-electron chi connectivity index (χ4n) is 2.07. The highest BCUT2D eigenvalue weighted by atomic mass is 15.3. The fraction of sp³-hybridized carbons (Fsp3) is 0.462. The Labute approximate surface area is 106 Å². The Balaban J connectivity index is 2.10. The second kappa shape index (κ2) is 4.08. The second-order valence-electron chi connectivity index (χ2n) is 4.83. The highest BCUT2D eigenvalue weighted by Crippen LogP contribution is 2.38. The van der Waals surface area contributed by atoms with E-state index in [9.17, 15) is 0 Å². The Hall–Kier alpha value is -1.91. The van der Waals surface area contributed by atoms with Gasteiger partial charge < -0.3 is 5.32 Å². The van der Waals surface area contributed by atoms with Crippen LogP contribution in [-0.4, -0.2) is 26.8 Å². The van der Waals surface area contributed by atoms with Crippen molar-refractivity contribution in [2.75, 3.05) is 12.4 Å². The lowest BCUT2D eigenvalue weighted by Crippen LogP contribution is -2.07. The van der Waals surface area contributed by atoms with Crippen LogP contribution in [0.5, 0.6) is 0 Å². The molecule has 94 valence electrons. The molecule has 5 nitrogen and oxygen atoms in total. The third-order valence-corrected chi connectivity index (χ3v) is 3.16. The van der Waals surface area contributed by atoms with Gasteiger partial charge in [0.05, 0.1) is 5.69 Å². The fourth-order valence-corrected chi connectivity index (χ4v) is 2.07. The topological polar surface area (TPSA) is 55.6 Å². The minimum absolute atomic E-state index is 0.536. The maximum atomic E-state index is 4.64. The molecule has 5 heteroatoms. The first-order valence-electron chi connectivity index (χ1n) is 6.28. The van der Waals surface area contributed by atoms with E-state index >= 15 is 0 Å². The van der Waals surface area contributed by atoms with E-state index in [1.165, 1.54) is 12.8 Å². The Kier molecular flexibility index (Phi) is 2.54. The molecule has 0 radical (unpaired) electrons. The van der Waals surface area contributed by atoms with Gasteiger partial charge in [-0.05, 0) is 32.8 Å². The molecule has 0 bridgehead atoms. The van der Waals surface area contributed by atoms with Crippen molar-refractivity contribution >= 4 is 5.82 Å². The molecule has 1 saturated carbocycles. The third kappa shape index (κ3) is 1.96. The van der Waals surface area contributed by atoms with E-state index in [4.69, 9.17) is 0 Å². The van der Waals surface area contributed by atoms with Crippen LogP contribution in [0.25, 0.3) is 5.82 Å². The minimum atomic E-state index is 0.536. The molecule has 0 saturated heterocycles. The molecule has 1 aliphatic carbocycles. The number of aryl methyl sites for hydroxylation is 2. The van der Waals surface area contributed by atoms with E-state index < -0.39 is 0 Å². The monoisotopic (exact) mass is 243 g/mol. The van der Waals surface area contributed by atoms with Crippen molar-refractivity contribution in [2.45, 2.75) is 32.6 Å². The molecule has 0 aromatic carbocycles. The van der Waals surface area contributed by atoms with Crippen LogP contribution in [0.4, 0.5) is 5.82 Å². The Morgan fingerprint density at radius 3 is 2.56 bits per heavy atom. The molecule has 0 spiro atoms. The van der Waals surface area contributed by atoms with Crippen molar-refractivity contribution in [3.05, 3.63) is 29.3 Å². The van der Waals surface area contributed by atoms with Gasteiger partial charge in [0.25, 0.3) is 0 Å². The van der Waals surface area contributed by atoms with Crippen LogP contribution in [0.15, 0.2) is 12.1 Å². The van der Waals surface area contributed by atoms with Gasteiger partial charge in [0.15, 0.2) is 5.82 Å². The van der Waals surface area contributed by atoms with Crippen LogP contribution in [0.2, 0.25) is 0 Å². The van der Waals surface area contributed by atoms with Gasteiger partial charge in [0.2, 0.25) is 0 Å². The minimum Gasteiger partial charge on any atom is -0.373 e. The van der Waals surface area contributed by atoms with Crippen LogP contribution in [0.3, 0.4) is 0 Å². The summed E-state index contributed by atoms with van der Waals surface area (Å²) in [6.45, 7) is 4.03. The summed E-state index contributed by atoms with van der Waals surface area (Å²) in [6, 6.07) is 3.99. The lowest BCUT2D eigenvalue weighted by atomic mass is 10.3. The van der Waals surface area contributed by atoms with E-state index in [1.54, 1.807) is 0 Å². The van der Waals surface area contributed by atoms with Crippen molar-refractivity contribution < 1.29 is 0 Å². The Morgan fingerprint density at radius 1 is 1.22 bits per heavy atom. The Bertz CT molecular complexity index is 583. The lowest BCUT2D eigenvalue weighted by Gasteiger charge is -2.08. The summed E-state index contributed by atoms with van der Waals surface area (Å²) in [5.41, 5.74) is 2.10. The number of anilines is 1. The molecule has 2 heterocycles. The average Bonchev–Trinajstić information content (AvgIpc) is 3.14. The molecule has 1 N–H and O–H groups in total. The number of hydrogen-bond donors (Lipinski definition) is 1. The lowest BCUT2D eigenvalue weighted by molar-refractivity contribution is 0.782. The molecule has 0 aliphatic heterocycles. The van der Waals surface area contributed by atoms with Gasteiger partial charge in [-0.15, -0.1) is 0 Å². The maximum absolute atomic E-state index is 4.64. The predicted octanol–water partition coefficient (Wildman–Crippen LogP) is 2.20. The van der Waals surface area contributed by atoms with E-state index in [-0.39, 0.29) is 0 Å². The zero-order valence-corrected chi connectivity index (χ0v) is 10.9. The highest BCUT2D eigenvalue weighted by molar-refractivity contribution is 5.42. The van der Waals surface area contributed by atoms with Crippen LogP contribution in [0.1, 0.15) is 36.0 Å². The summed E-state index contributed by atoms with van der Waals surface area (Å²) >= 11 is 0. The van der Waals surface area contributed by atoms with Crippen molar-refractivity contribution in [2.24, 2.45) is 0 Å². The van der Waals surface area contributed by atoms with Gasteiger partial charge in [-0.1, -0.05) is 0 Å². The molecular weight excluding hydrogens is 226 g/mol. The zero-order valence-electron chi connectivity index (χ0n) is 10.9. The SMILES string of the molecule is CNc1cc(-n2nc(C)cc2C)nc(C2CC2)n1. The highest BCUT2D eigenvalue weighted by Gasteiger charge is 2.27. The third-order valence-electron chi connectivity index (χ3n) is 3.16. The zero-order chi connectivity index (χ0) is 12.7. The molecule has 18 heavy (non-hydrogen) atoms. The van der Waals surface area contributed by atoms with Gasteiger partial charge >= 0.3 is 0 Å².